The minimum Gasteiger partial charge on any atom is -0.192 e. The first-order valence-electron chi connectivity index (χ1n) is 5.86. The molecule has 0 radical (unpaired) electrons. The highest BCUT2D eigenvalue weighted by molar-refractivity contribution is 5.63. The number of benzene rings is 1. The number of hydrogen-bond donors (Lipinski definition) is 0. The molecule has 2 aliphatic rings. The summed E-state index contributed by atoms with van der Waals surface area (Å²) in [5, 5.41) is 18.5. The lowest BCUT2D eigenvalue weighted by molar-refractivity contribution is 0.887. The van der Waals surface area contributed by atoms with E-state index in [1.54, 1.807) is 0 Å². The summed E-state index contributed by atoms with van der Waals surface area (Å²) in [6, 6.07) is 4.51. The molecule has 1 aromatic carbocycles. The summed E-state index contributed by atoms with van der Waals surface area (Å²) in [6.45, 7) is 0. The fourth-order valence-electron chi connectivity index (χ4n) is 3.25. The van der Waals surface area contributed by atoms with Crippen molar-refractivity contribution >= 4 is 0 Å². The van der Waals surface area contributed by atoms with Crippen LogP contribution in [0.2, 0.25) is 0 Å². The van der Waals surface area contributed by atoms with E-state index >= 15 is 0 Å². The van der Waals surface area contributed by atoms with Crippen molar-refractivity contribution in [2.75, 3.05) is 0 Å². The molecule has 78 valence electrons. The third kappa shape index (κ3) is 1.05. The Kier molecular flexibility index (Phi) is 1.98. The molecule has 2 heteroatoms. The van der Waals surface area contributed by atoms with Gasteiger partial charge < -0.3 is 0 Å². The molecule has 0 spiro atoms. The van der Waals surface area contributed by atoms with Gasteiger partial charge in [-0.25, -0.2) is 0 Å². The zero-order valence-electron chi connectivity index (χ0n) is 9.14. The number of rotatable bonds is 0. The first-order valence-corrected chi connectivity index (χ1v) is 5.86. The Morgan fingerprint density at radius 1 is 0.625 bits per heavy atom. The minimum atomic E-state index is 0.677. The molecule has 3 rings (SSSR count). The molecule has 2 aliphatic carbocycles. The maximum absolute atomic E-state index is 9.24. The largest absolute Gasteiger partial charge is 0.192 e. The molecule has 0 aliphatic heterocycles. The van der Waals surface area contributed by atoms with Gasteiger partial charge in [-0.15, -0.1) is 0 Å². The Morgan fingerprint density at radius 3 is 1.38 bits per heavy atom. The van der Waals surface area contributed by atoms with Gasteiger partial charge >= 0.3 is 0 Å². The van der Waals surface area contributed by atoms with E-state index in [1.807, 2.05) is 0 Å². The Labute approximate surface area is 95.1 Å². The maximum atomic E-state index is 9.24. The molecular weight excluding hydrogens is 196 g/mol. The number of hydrogen-bond acceptors (Lipinski definition) is 2. The second-order valence-electron chi connectivity index (χ2n) is 4.59. The monoisotopic (exact) mass is 208 g/mol. The SMILES string of the molecule is N#Cc1c(C#N)c2c(c3c1CCC3)CCC2. The van der Waals surface area contributed by atoms with Crippen molar-refractivity contribution in [3.8, 4) is 12.1 Å². The van der Waals surface area contributed by atoms with E-state index in [1.165, 1.54) is 22.3 Å². The van der Waals surface area contributed by atoms with Gasteiger partial charge in [0.1, 0.15) is 12.1 Å². The quantitative estimate of drug-likeness (QED) is 0.657. The van der Waals surface area contributed by atoms with Crippen molar-refractivity contribution in [2.24, 2.45) is 0 Å². The van der Waals surface area contributed by atoms with Gasteiger partial charge in [-0.1, -0.05) is 0 Å². The summed E-state index contributed by atoms with van der Waals surface area (Å²) in [5.74, 6) is 0. The van der Waals surface area contributed by atoms with Gasteiger partial charge in [0.2, 0.25) is 0 Å². The molecule has 0 heterocycles. The van der Waals surface area contributed by atoms with Gasteiger partial charge in [-0.05, 0) is 60.8 Å². The lowest BCUT2D eigenvalue weighted by atomic mass is 9.90. The normalized spacial score (nSPS) is 16.4. The Morgan fingerprint density at radius 2 is 1.00 bits per heavy atom. The van der Waals surface area contributed by atoms with Crippen LogP contribution in [0.1, 0.15) is 46.2 Å². The van der Waals surface area contributed by atoms with Crippen molar-refractivity contribution in [2.45, 2.75) is 38.5 Å². The molecule has 0 bridgehead atoms. The van der Waals surface area contributed by atoms with Crippen LogP contribution in [0.5, 0.6) is 0 Å². The van der Waals surface area contributed by atoms with Crippen LogP contribution >= 0.6 is 0 Å². The molecule has 0 amide bonds. The second-order valence-corrected chi connectivity index (χ2v) is 4.59. The van der Waals surface area contributed by atoms with Crippen LogP contribution in [0.25, 0.3) is 0 Å². The van der Waals surface area contributed by atoms with Gasteiger partial charge in [0.05, 0.1) is 11.1 Å². The van der Waals surface area contributed by atoms with Gasteiger partial charge in [0.15, 0.2) is 0 Å². The highest BCUT2D eigenvalue weighted by Gasteiger charge is 2.28. The molecule has 0 fully saturated rings. The van der Waals surface area contributed by atoms with Crippen LogP contribution in [0.4, 0.5) is 0 Å². The number of nitrogens with zero attached hydrogens (tertiary/aromatic N) is 2. The van der Waals surface area contributed by atoms with Crippen LogP contribution in [-0.2, 0) is 25.7 Å². The van der Waals surface area contributed by atoms with E-state index in [2.05, 4.69) is 12.1 Å². The molecule has 0 saturated heterocycles. The summed E-state index contributed by atoms with van der Waals surface area (Å²) in [5.41, 5.74) is 6.52. The predicted molar refractivity (Wildman–Crippen MR) is 59.9 cm³/mol. The van der Waals surface area contributed by atoms with Crippen LogP contribution in [0, 0.1) is 22.7 Å². The van der Waals surface area contributed by atoms with Gasteiger partial charge in [-0.3, -0.25) is 0 Å². The van der Waals surface area contributed by atoms with Crippen LogP contribution in [0.15, 0.2) is 0 Å². The van der Waals surface area contributed by atoms with Crippen LogP contribution < -0.4 is 0 Å². The molecule has 0 aromatic heterocycles. The second kappa shape index (κ2) is 3.35. The van der Waals surface area contributed by atoms with E-state index in [0.717, 1.165) is 38.5 Å². The molecule has 1 aromatic rings. The Bertz CT molecular complexity index is 505. The Hall–Kier alpha value is -1.80. The minimum absolute atomic E-state index is 0.677. The molecule has 2 nitrogen and oxygen atoms in total. The van der Waals surface area contributed by atoms with Crippen molar-refractivity contribution in [1.29, 1.82) is 10.5 Å². The predicted octanol–water partition coefficient (Wildman–Crippen LogP) is 2.41. The van der Waals surface area contributed by atoms with Gasteiger partial charge in [-0.2, -0.15) is 10.5 Å². The molecule has 0 saturated carbocycles. The van der Waals surface area contributed by atoms with Gasteiger partial charge in [0, 0.05) is 0 Å². The summed E-state index contributed by atoms with van der Waals surface area (Å²) in [7, 11) is 0. The lowest BCUT2D eigenvalue weighted by Gasteiger charge is -2.11. The maximum Gasteiger partial charge on any atom is 0.101 e. The average Bonchev–Trinajstić information content (AvgIpc) is 2.93. The first-order chi connectivity index (χ1) is 7.86. The van der Waals surface area contributed by atoms with Crippen molar-refractivity contribution in [3.05, 3.63) is 33.4 Å². The van der Waals surface area contributed by atoms with Crippen LogP contribution in [-0.4, -0.2) is 0 Å². The summed E-state index contributed by atoms with van der Waals surface area (Å²) < 4.78 is 0. The molecule has 0 atom stereocenters. The third-order valence-corrected chi connectivity index (χ3v) is 3.88. The third-order valence-electron chi connectivity index (χ3n) is 3.88. The van der Waals surface area contributed by atoms with E-state index in [0.29, 0.717) is 11.1 Å². The van der Waals surface area contributed by atoms with Crippen molar-refractivity contribution < 1.29 is 0 Å². The standard InChI is InChI=1S/C14H12N2/c15-7-13-11-5-1-3-9(11)10-4-2-6-12(10)14(13)8-16/h1-6H2. The highest BCUT2D eigenvalue weighted by Crippen LogP contribution is 2.38. The zero-order chi connectivity index (χ0) is 11.1. The summed E-state index contributed by atoms with van der Waals surface area (Å²) in [4.78, 5) is 0. The summed E-state index contributed by atoms with van der Waals surface area (Å²) in [6.07, 6.45) is 6.48. The fraction of sp³-hybridized carbons (Fsp3) is 0.429. The molecule has 16 heavy (non-hydrogen) atoms. The summed E-state index contributed by atoms with van der Waals surface area (Å²) >= 11 is 0. The molecular formula is C14H12N2. The Balaban J connectivity index is 2.41. The number of fused-ring (bicyclic) bond motifs is 3. The zero-order valence-corrected chi connectivity index (χ0v) is 9.14. The van der Waals surface area contributed by atoms with E-state index in [-0.39, 0.29) is 0 Å². The highest BCUT2D eigenvalue weighted by atomic mass is 14.4. The van der Waals surface area contributed by atoms with Gasteiger partial charge in [0.25, 0.3) is 0 Å². The molecule has 0 N–H and O–H groups in total. The first kappa shape index (κ1) is 9.43. The van der Waals surface area contributed by atoms with Crippen LogP contribution in [0.3, 0.4) is 0 Å². The van der Waals surface area contributed by atoms with E-state index < -0.39 is 0 Å². The lowest BCUT2D eigenvalue weighted by Crippen LogP contribution is -2.01. The van der Waals surface area contributed by atoms with E-state index in [4.69, 9.17) is 0 Å². The van der Waals surface area contributed by atoms with Crippen molar-refractivity contribution in [1.82, 2.24) is 0 Å². The smallest absolute Gasteiger partial charge is 0.101 e. The fourth-order valence-corrected chi connectivity index (χ4v) is 3.25. The average molecular weight is 208 g/mol. The molecule has 0 unspecified atom stereocenters. The number of nitriles is 2. The topological polar surface area (TPSA) is 47.6 Å². The van der Waals surface area contributed by atoms with Crippen molar-refractivity contribution in [3.63, 3.8) is 0 Å². The van der Waals surface area contributed by atoms with E-state index in [9.17, 15) is 10.5 Å².